The summed E-state index contributed by atoms with van der Waals surface area (Å²) in [6.45, 7) is 11.8. The molecule has 3 nitrogen and oxygen atoms in total. The molecule has 0 saturated carbocycles. The van der Waals surface area contributed by atoms with Crippen LogP contribution < -0.4 is 0 Å². The lowest BCUT2D eigenvalue weighted by molar-refractivity contribution is 0.0799. The van der Waals surface area contributed by atoms with Crippen molar-refractivity contribution in [2.45, 2.75) is 33.6 Å². The van der Waals surface area contributed by atoms with Crippen LogP contribution >= 0.6 is 0 Å². The van der Waals surface area contributed by atoms with Crippen molar-refractivity contribution in [1.29, 1.82) is 0 Å². The molecule has 0 aliphatic heterocycles. The van der Waals surface area contributed by atoms with Crippen LogP contribution in [0.3, 0.4) is 0 Å². The number of aryl methyl sites for hydroxylation is 1. The predicted molar refractivity (Wildman–Crippen MR) is 84.5 cm³/mol. The fourth-order valence-electron chi connectivity index (χ4n) is 2.09. The van der Waals surface area contributed by atoms with Crippen LogP contribution in [0.25, 0.3) is 0 Å². The molecular formula is C16H26O3Si. The van der Waals surface area contributed by atoms with Gasteiger partial charge < -0.3 is 13.3 Å². The maximum Gasteiger partial charge on any atom is 0.532 e. The van der Waals surface area contributed by atoms with Crippen molar-refractivity contribution in [3.05, 3.63) is 47.7 Å². The zero-order valence-corrected chi connectivity index (χ0v) is 13.9. The molecule has 0 N–H and O–H groups in total. The summed E-state index contributed by atoms with van der Waals surface area (Å²) < 4.78 is 17.6. The van der Waals surface area contributed by atoms with Gasteiger partial charge in [-0.05, 0) is 44.4 Å². The number of benzene rings is 1. The van der Waals surface area contributed by atoms with Gasteiger partial charge in [-0.1, -0.05) is 36.9 Å². The molecule has 0 aromatic heterocycles. The van der Waals surface area contributed by atoms with Crippen molar-refractivity contribution < 1.29 is 13.3 Å². The minimum atomic E-state index is -2.75. The van der Waals surface area contributed by atoms with Gasteiger partial charge in [0.1, 0.15) is 0 Å². The summed E-state index contributed by atoms with van der Waals surface area (Å²) >= 11 is 0. The fourth-order valence-corrected chi connectivity index (χ4v) is 4.53. The normalized spacial score (nSPS) is 11.6. The highest BCUT2D eigenvalue weighted by Gasteiger charge is 2.43. The lowest BCUT2D eigenvalue weighted by Crippen LogP contribution is -2.48. The van der Waals surface area contributed by atoms with Crippen molar-refractivity contribution in [3.63, 3.8) is 0 Å². The van der Waals surface area contributed by atoms with Gasteiger partial charge >= 0.3 is 8.80 Å². The first kappa shape index (κ1) is 17.1. The molecule has 0 fully saturated rings. The first-order valence-electron chi connectivity index (χ1n) is 7.32. The smallest absolute Gasteiger partial charge is 0.371 e. The molecule has 0 unspecified atom stereocenters. The average Bonchev–Trinajstić information content (AvgIpc) is 2.46. The zero-order chi connectivity index (χ0) is 14.8. The Kier molecular flexibility index (Phi) is 7.77. The molecule has 1 aromatic rings. The first-order valence-corrected chi connectivity index (χ1v) is 9.05. The van der Waals surface area contributed by atoms with Gasteiger partial charge in [0, 0.05) is 19.8 Å². The summed E-state index contributed by atoms with van der Waals surface area (Å²) in [5.41, 5.74) is 1.29. The molecule has 0 heterocycles. The van der Waals surface area contributed by atoms with Crippen LogP contribution in [0.4, 0.5) is 0 Å². The standard InChI is InChI=1S/C16H26O3Si/c1-5-17-20(18-6-2,19-7-3)15(4)13-14-16-11-9-8-10-12-16/h8-12H,4-7,13-14H2,1-3H3. The Balaban J connectivity index is 2.71. The molecular weight excluding hydrogens is 268 g/mol. The Morgan fingerprint density at radius 1 is 0.950 bits per heavy atom. The maximum atomic E-state index is 5.86. The van der Waals surface area contributed by atoms with E-state index in [1.54, 1.807) is 0 Å². The highest BCUT2D eigenvalue weighted by Crippen LogP contribution is 2.23. The summed E-state index contributed by atoms with van der Waals surface area (Å²) in [6.07, 6.45) is 1.76. The van der Waals surface area contributed by atoms with E-state index in [1.807, 2.05) is 26.8 Å². The average molecular weight is 294 g/mol. The molecule has 1 rings (SSSR count). The van der Waals surface area contributed by atoms with Gasteiger partial charge in [-0.15, -0.1) is 0 Å². The van der Waals surface area contributed by atoms with Crippen LogP contribution in [-0.2, 0) is 19.7 Å². The van der Waals surface area contributed by atoms with E-state index in [1.165, 1.54) is 5.56 Å². The van der Waals surface area contributed by atoms with E-state index in [2.05, 4.69) is 30.8 Å². The van der Waals surface area contributed by atoms with Crippen LogP contribution in [0.2, 0.25) is 0 Å². The van der Waals surface area contributed by atoms with E-state index in [4.69, 9.17) is 13.3 Å². The van der Waals surface area contributed by atoms with E-state index in [-0.39, 0.29) is 0 Å². The Morgan fingerprint density at radius 2 is 1.45 bits per heavy atom. The molecule has 20 heavy (non-hydrogen) atoms. The third-order valence-corrected chi connectivity index (χ3v) is 6.12. The SMILES string of the molecule is C=C(CCc1ccccc1)[Si](OCC)(OCC)OCC. The molecule has 112 valence electrons. The van der Waals surface area contributed by atoms with Crippen LogP contribution in [0.15, 0.2) is 42.1 Å². The Bertz CT molecular complexity index is 375. The third kappa shape index (κ3) is 4.87. The summed E-state index contributed by atoms with van der Waals surface area (Å²) in [5, 5.41) is 0.965. The largest absolute Gasteiger partial charge is 0.532 e. The minimum absolute atomic E-state index is 0.580. The van der Waals surface area contributed by atoms with Gasteiger partial charge in [0.05, 0.1) is 0 Å². The lowest BCUT2D eigenvalue weighted by Gasteiger charge is -2.30. The highest BCUT2D eigenvalue weighted by molar-refractivity contribution is 6.68. The van der Waals surface area contributed by atoms with Crippen molar-refractivity contribution in [3.8, 4) is 0 Å². The van der Waals surface area contributed by atoms with Gasteiger partial charge in [0.25, 0.3) is 0 Å². The summed E-state index contributed by atoms with van der Waals surface area (Å²) in [5.74, 6) is 0. The molecule has 0 atom stereocenters. The van der Waals surface area contributed by atoms with Crippen LogP contribution in [-0.4, -0.2) is 28.6 Å². The van der Waals surface area contributed by atoms with Gasteiger partial charge in [-0.25, -0.2) is 0 Å². The monoisotopic (exact) mass is 294 g/mol. The maximum absolute atomic E-state index is 5.86. The summed E-state index contributed by atoms with van der Waals surface area (Å²) in [6, 6.07) is 10.4. The first-order chi connectivity index (χ1) is 9.68. The second-order valence-electron chi connectivity index (χ2n) is 4.44. The molecule has 0 radical (unpaired) electrons. The van der Waals surface area contributed by atoms with E-state index in [0.29, 0.717) is 19.8 Å². The van der Waals surface area contributed by atoms with Crippen molar-refractivity contribution in [2.75, 3.05) is 19.8 Å². The Morgan fingerprint density at radius 3 is 1.90 bits per heavy atom. The fraction of sp³-hybridized carbons (Fsp3) is 0.500. The molecule has 0 aliphatic carbocycles. The number of allylic oxidation sites excluding steroid dienone is 1. The Hall–Kier alpha value is -0.943. The van der Waals surface area contributed by atoms with Crippen molar-refractivity contribution >= 4 is 8.80 Å². The summed E-state index contributed by atoms with van der Waals surface area (Å²) in [7, 11) is -2.75. The van der Waals surface area contributed by atoms with Crippen molar-refractivity contribution in [1.82, 2.24) is 0 Å². The molecule has 0 aliphatic rings. The van der Waals surface area contributed by atoms with Gasteiger partial charge in [0.15, 0.2) is 0 Å². The van der Waals surface area contributed by atoms with E-state index in [9.17, 15) is 0 Å². The van der Waals surface area contributed by atoms with Crippen LogP contribution in [0.1, 0.15) is 32.8 Å². The molecule has 4 heteroatoms. The van der Waals surface area contributed by atoms with Gasteiger partial charge in [-0.3, -0.25) is 0 Å². The van der Waals surface area contributed by atoms with Gasteiger partial charge in [0.2, 0.25) is 0 Å². The van der Waals surface area contributed by atoms with E-state index in [0.717, 1.165) is 18.0 Å². The number of hydrogen-bond donors (Lipinski definition) is 0. The molecule has 0 amide bonds. The Labute approximate surface area is 123 Å². The molecule has 1 aromatic carbocycles. The third-order valence-electron chi connectivity index (χ3n) is 2.99. The molecule has 0 saturated heterocycles. The lowest BCUT2D eigenvalue weighted by atomic mass is 10.1. The quantitative estimate of drug-likeness (QED) is 0.615. The zero-order valence-electron chi connectivity index (χ0n) is 12.9. The van der Waals surface area contributed by atoms with E-state index >= 15 is 0 Å². The van der Waals surface area contributed by atoms with E-state index < -0.39 is 8.80 Å². The molecule has 0 bridgehead atoms. The highest BCUT2D eigenvalue weighted by atomic mass is 28.4. The number of rotatable bonds is 10. The minimum Gasteiger partial charge on any atom is -0.371 e. The van der Waals surface area contributed by atoms with Gasteiger partial charge in [-0.2, -0.15) is 0 Å². The van der Waals surface area contributed by atoms with Crippen LogP contribution in [0.5, 0.6) is 0 Å². The topological polar surface area (TPSA) is 27.7 Å². The van der Waals surface area contributed by atoms with Crippen LogP contribution in [0, 0.1) is 0 Å². The second-order valence-corrected chi connectivity index (χ2v) is 7.13. The second kappa shape index (κ2) is 9.08. The molecule has 0 spiro atoms. The number of hydrogen-bond acceptors (Lipinski definition) is 3. The predicted octanol–water partition coefficient (Wildman–Crippen LogP) is 3.76. The van der Waals surface area contributed by atoms with Crippen molar-refractivity contribution in [2.24, 2.45) is 0 Å². The summed E-state index contributed by atoms with van der Waals surface area (Å²) in [4.78, 5) is 0.